The van der Waals surface area contributed by atoms with Crippen LogP contribution in [0.3, 0.4) is 0 Å². The van der Waals surface area contributed by atoms with E-state index >= 15 is 0 Å². The van der Waals surface area contributed by atoms with E-state index in [1.807, 2.05) is 0 Å². The molecule has 0 bridgehead atoms. The highest BCUT2D eigenvalue weighted by atomic mass is 35.5. The van der Waals surface area contributed by atoms with Gasteiger partial charge >= 0.3 is 0 Å². The van der Waals surface area contributed by atoms with E-state index in [0.29, 0.717) is 5.56 Å². The Kier molecular flexibility index (Phi) is 5.35. The van der Waals surface area contributed by atoms with E-state index in [9.17, 15) is 14.9 Å². The average molecular weight is 335 g/mol. The van der Waals surface area contributed by atoms with Crippen LogP contribution in [0.5, 0.6) is 0 Å². The standard InChI is InChI=1S/C12H12Cl2N2O5/c13-11(14)12(17)15-9-5-20-6-21-10(9)7-2-1-3-8(4-7)16(18)19/h1-4,9-11H,5-6H2,(H,15,17)/t9-,10-/m1/s1. The van der Waals surface area contributed by atoms with Gasteiger partial charge in [-0.1, -0.05) is 35.3 Å². The van der Waals surface area contributed by atoms with Crippen LogP contribution in [-0.2, 0) is 14.3 Å². The number of nitro groups is 1. The first-order valence-electron chi connectivity index (χ1n) is 6.01. The number of carbonyl (C=O) groups is 1. The number of nitrogens with one attached hydrogen (secondary N) is 1. The average Bonchev–Trinajstić information content (AvgIpc) is 2.47. The van der Waals surface area contributed by atoms with Crippen molar-refractivity contribution in [2.75, 3.05) is 13.4 Å². The van der Waals surface area contributed by atoms with Crippen LogP contribution in [0.2, 0.25) is 0 Å². The highest BCUT2D eigenvalue weighted by Crippen LogP contribution is 2.27. The van der Waals surface area contributed by atoms with Crippen LogP contribution in [0.25, 0.3) is 0 Å². The predicted molar refractivity (Wildman–Crippen MR) is 75.2 cm³/mol. The third-order valence-electron chi connectivity index (χ3n) is 2.93. The maximum Gasteiger partial charge on any atom is 0.269 e. The number of non-ortho nitro benzene ring substituents is 1. The van der Waals surface area contributed by atoms with Gasteiger partial charge in [0.05, 0.1) is 17.6 Å². The number of benzene rings is 1. The van der Waals surface area contributed by atoms with Gasteiger partial charge in [0.25, 0.3) is 11.6 Å². The molecule has 2 rings (SSSR count). The second kappa shape index (κ2) is 7.04. The summed E-state index contributed by atoms with van der Waals surface area (Å²) in [5.74, 6) is -0.576. The molecule has 0 spiro atoms. The Morgan fingerprint density at radius 2 is 2.24 bits per heavy atom. The van der Waals surface area contributed by atoms with E-state index in [2.05, 4.69) is 5.32 Å². The van der Waals surface area contributed by atoms with E-state index in [1.54, 1.807) is 12.1 Å². The topological polar surface area (TPSA) is 90.7 Å². The number of hydrogen-bond donors (Lipinski definition) is 1. The van der Waals surface area contributed by atoms with Crippen molar-refractivity contribution in [3.8, 4) is 0 Å². The molecule has 1 amide bonds. The lowest BCUT2D eigenvalue weighted by molar-refractivity contribution is -0.385. The fourth-order valence-electron chi connectivity index (χ4n) is 2.01. The minimum absolute atomic E-state index is 0.0326. The number of rotatable bonds is 4. The summed E-state index contributed by atoms with van der Waals surface area (Å²) in [6.07, 6.45) is -0.574. The minimum Gasteiger partial charge on any atom is -0.353 e. The first kappa shape index (κ1) is 16.0. The molecule has 1 aromatic carbocycles. The number of carbonyl (C=O) groups excluding carboxylic acids is 1. The SMILES string of the molecule is O=C(N[C@@H]1COCO[C@@H]1c1cccc([N+](=O)[O-])c1)C(Cl)Cl. The van der Waals surface area contributed by atoms with Crippen LogP contribution in [0, 0.1) is 10.1 Å². The van der Waals surface area contributed by atoms with Gasteiger partial charge in [-0.05, 0) is 5.56 Å². The summed E-state index contributed by atoms with van der Waals surface area (Å²) >= 11 is 11.0. The van der Waals surface area contributed by atoms with Crippen molar-refractivity contribution < 1.29 is 19.2 Å². The molecule has 0 radical (unpaired) electrons. The van der Waals surface area contributed by atoms with Crippen LogP contribution in [0.1, 0.15) is 11.7 Å². The number of halogens is 2. The number of nitrogens with zero attached hydrogens (tertiary/aromatic N) is 1. The van der Waals surface area contributed by atoms with Crippen LogP contribution >= 0.6 is 23.2 Å². The molecule has 1 aromatic rings. The summed E-state index contributed by atoms with van der Waals surface area (Å²) in [5, 5.41) is 13.4. The Morgan fingerprint density at radius 3 is 2.90 bits per heavy atom. The molecule has 0 aromatic heterocycles. The summed E-state index contributed by atoms with van der Waals surface area (Å²) in [5.41, 5.74) is 0.513. The Hall–Kier alpha value is -1.41. The molecule has 1 heterocycles. The van der Waals surface area contributed by atoms with E-state index in [-0.39, 0.29) is 19.1 Å². The maximum absolute atomic E-state index is 11.6. The molecule has 1 N–H and O–H groups in total. The number of hydrogen-bond acceptors (Lipinski definition) is 5. The molecule has 21 heavy (non-hydrogen) atoms. The van der Waals surface area contributed by atoms with Crippen LogP contribution < -0.4 is 5.32 Å². The monoisotopic (exact) mass is 334 g/mol. The Morgan fingerprint density at radius 1 is 1.48 bits per heavy atom. The molecule has 1 aliphatic rings. The minimum atomic E-state index is -1.21. The zero-order valence-electron chi connectivity index (χ0n) is 10.7. The van der Waals surface area contributed by atoms with Gasteiger partial charge in [0.1, 0.15) is 12.9 Å². The predicted octanol–water partition coefficient (Wildman–Crippen LogP) is 1.93. The molecular weight excluding hydrogens is 323 g/mol. The van der Waals surface area contributed by atoms with Gasteiger partial charge in [-0.25, -0.2) is 0 Å². The van der Waals surface area contributed by atoms with Gasteiger partial charge in [-0.3, -0.25) is 14.9 Å². The van der Waals surface area contributed by atoms with E-state index in [0.717, 1.165) is 0 Å². The second-order valence-electron chi connectivity index (χ2n) is 4.34. The molecule has 1 saturated heterocycles. The highest BCUT2D eigenvalue weighted by molar-refractivity contribution is 6.53. The summed E-state index contributed by atoms with van der Waals surface area (Å²) in [4.78, 5) is 20.7. The third kappa shape index (κ3) is 4.04. The Bertz CT molecular complexity index is 540. The summed E-state index contributed by atoms with van der Waals surface area (Å²) in [7, 11) is 0. The molecule has 0 aliphatic carbocycles. The Labute approximate surface area is 130 Å². The lowest BCUT2D eigenvalue weighted by Crippen LogP contribution is -2.47. The molecule has 9 heteroatoms. The molecule has 1 fully saturated rings. The number of amides is 1. The smallest absolute Gasteiger partial charge is 0.269 e. The third-order valence-corrected chi connectivity index (χ3v) is 3.33. The number of ether oxygens (including phenoxy) is 2. The lowest BCUT2D eigenvalue weighted by Gasteiger charge is -2.32. The quantitative estimate of drug-likeness (QED) is 0.516. The van der Waals surface area contributed by atoms with Gasteiger partial charge in [0.2, 0.25) is 0 Å². The zero-order valence-corrected chi connectivity index (χ0v) is 12.2. The normalized spacial score (nSPS) is 22.0. The second-order valence-corrected chi connectivity index (χ2v) is 5.44. The fraction of sp³-hybridized carbons (Fsp3) is 0.417. The summed E-state index contributed by atoms with van der Waals surface area (Å²) in [6.45, 7) is 0.227. The molecule has 0 unspecified atom stereocenters. The molecule has 0 saturated carbocycles. The summed E-state index contributed by atoms with van der Waals surface area (Å²) < 4.78 is 10.6. The molecular formula is C12H12Cl2N2O5. The van der Waals surface area contributed by atoms with Gasteiger partial charge < -0.3 is 14.8 Å². The molecule has 1 aliphatic heterocycles. The molecule has 7 nitrogen and oxygen atoms in total. The van der Waals surface area contributed by atoms with Gasteiger partial charge in [0, 0.05) is 12.1 Å². The van der Waals surface area contributed by atoms with Gasteiger partial charge in [0.15, 0.2) is 4.84 Å². The van der Waals surface area contributed by atoms with Crippen LogP contribution in [0.15, 0.2) is 24.3 Å². The van der Waals surface area contributed by atoms with Crippen molar-refractivity contribution in [3.63, 3.8) is 0 Å². The van der Waals surface area contributed by atoms with Crippen molar-refractivity contribution >= 4 is 34.8 Å². The van der Waals surface area contributed by atoms with Crippen molar-refractivity contribution in [1.29, 1.82) is 0 Å². The van der Waals surface area contributed by atoms with Crippen molar-refractivity contribution in [2.45, 2.75) is 17.0 Å². The number of nitro benzene ring substituents is 1. The first-order valence-corrected chi connectivity index (χ1v) is 6.88. The van der Waals surface area contributed by atoms with Crippen molar-refractivity contribution in [2.24, 2.45) is 0 Å². The zero-order chi connectivity index (χ0) is 15.4. The first-order chi connectivity index (χ1) is 9.99. The largest absolute Gasteiger partial charge is 0.353 e. The Balaban J connectivity index is 2.20. The van der Waals surface area contributed by atoms with Gasteiger partial charge in [-0.2, -0.15) is 0 Å². The number of alkyl halides is 2. The highest BCUT2D eigenvalue weighted by Gasteiger charge is 2.31. The lowest BCUT2D eigenvalue weighted by atomic mass is 10.0. The fourth-order valence-corrected chi connectivity index (χ4v) is 2.13. The van der Waals surface area contributed by atoms with Crippen LogP contribution in [-0.4, -0.2) is 35.1 Å². The van der Waals surface area contributed by atoms with Gasteiger partial charge in [-0.15, -0.1) is 0 Å². The summed E-state index contributed by atoms with van der Waals surface area (Å²) in [6, 6.07) is 5.48. The van der Waals surface area contributed by atoms with Crippen molar-refractivity contribution in [1.82, 2.24) is 5.32 Å². The maximum atomic E-state index is 11.6. The van der Waals surface area contributed by atoms with E-state index < -0.39 is 27.8 Å². The molecule has 114 valence electrons. The van der Waals surface area contributed by atoms with E-state index in [1.165, 1.54) is 12.1 Å². The van der Waals surface area contributed by atoms with E-state index in [4.69, 9.17) is 32.7 Å². The van der Waals surface area contributed by atoms with Crippen LogP contribution in [0.4, 0.5) is 5.69 Å². The molecule has 2 atom stereocenters. The van der Waals surface area contributed by atoms with Crippen molar-refractivity contribution in [3.05, 3.63) is 39.9 Å².